The Morgan fingerprint density at radius 3 is 2.40 bits per heavy atom. The van der Waals surface area contributed by atoms with Crippen LogP contribution in [0.25, 0.3) is 0 Å². The fourth-order valence-corrected chi connectivity index (χ4v) is 6.70. The molecule has 12 heteroatoms. The van der Waals surface area contributed by atoms with Gasteiger partial charge >= 0.3 is 0 Å². The van der Waals surface area contributed by atoms with Crippen molar-refractivity contribution in [3.8, 4) is 0 Å². The highest BCUT2D eigenvalue weighted by Crippen LogP contribution is 2.39. The molecule has 2 amide bonds. The summed E-state index contributed by atoms with van der Waals surface area (Å²) >= 11 is 5.97. The van der Waals surface area contributed by atoms with Crippen molar-refractivity contribution in [1.29, 1.82) is 0 Å². The maximum Gasteiger partial charge on any atom is 0.246 e. The van der Waals surface area contributed by atoms with Crippen LogP contribution in [0, 0.1) is 11.6 Å². The van der Waals surface area contributed by atoms with E-state index >= 15 is 0 Å². The van der Waals surface area contributed by atoms with E-state index in [0.717, 1.165) is 17.0 Å². The number of nitrogens with two attached hydrogens (primary N) is 1. The number of halogens is 3. The van der Waals surface area contributed by atoms with E-state index in [9.17, 15) is 26.8 Å². The molecule has 0 spiro atoms. The van der Waals surface area contributed by atoms with Crippen LogP contribution in [0.2, 0.25) is 5.02 Å². The van der Waals surface area contributed by atoms with Crippen molar-refractivity contribution >= 4 is 33.3 Å². The van der Waals surface area contributed by atoms with Crippen molar-refractivity contribution in [1.82, 2.24) is 15.1 Å². The fourth-order valence-electron chi connectivity index (χ4n) is 4.59. The molecule has 0 aliphatic carbocycles. The largest absolute Gasteiger partial charge is 0.334 e. The first-order valence-corrected chi connectivity index (χ1v) is 12.8. The Kier molecular flexibility index (Phi) is 6.64. The third-order valence-electron chi connectivity index (χ3n) is 6.40. The minimum Gasteiger partial charge on any atom is -0.334 e. The predicted molar refractivity (Wildman–Crippen MR) is 125 cm³/mol. The van der Waals surface area contributed by atoms with Crippen LogP contribution in [0.3, 0.4) is 0 Å². The van der Waals surface area contributed by atoms with Crippen molar-refractivity contribution < 1.29 is 26.8 Å². The van der Waals surface area contributed by atoms with Crippen LogP contribution in [-0.4, -0.2) is 66.2 Å². The predicted octanol–water partition coefficient (Wildman–Crippen LogP) is 1.67. The normalized spacial score (nSPS) is 25.2. The summed E-state index contributed by atoms with van der Waals surface area (Å²) in [6.07, 6.45) is -0.0253. The molecule has 2 saturated heterocycles. The number of nitrogens with zero attached hydrogens (tertiary/aromatic N) is 2. The van der Waals surface area contributed by atoms with Gasteiger partial charge in [0.05, 0.1) is 12.6 Å². The van der Waals surface area contributed by atoms with E-state index in [1.165, 1.54) is 4.90 Å². The number of carbonyl (C=O) groups is 2. The molecule has 8 nitrogen and oxygen atoms in total. The summed E-state index contributed by atoms with van der Waals surface area (Å²) in [5, 5.41) is 3.31. The number of piperazine rings is 1. The smallest absolute Gasteiger partial charge is 0.246 e. The van der Waals surface area contributed by atoms with Crippen LogP contribution in [0.4, 0.5) is 8.78 Å². The summed E-state index contributed by atoms with van der Waals surface area (Å²) in [5.74, 6) is -3.48. The molecular formula is C23H25ClF2N4O4S. The fraction of sp³-hybridized carbons (Fsp3) is 0.391. The van der Waals surface area contributed by atoms with Crippen molar-refractivity contribution in [2.24, 2.45) is 5.73 Å². The molecule has 2 heterocycles. The molecular weight excluding hydrogens is 502 g/mol. The van der Waals surface area contributed by atoms with E-state index in [0.29, 0.717) is 16.7 Å². The number of nitrogens with one attached hydrogen (secondary N) is 1. The van der Waals surface area contributed by atoms with Gasteiger partial charge in [-0.05, 0) is 43.7 Å². The Morgan fingerprint density at radius 2 is 1.80 bits per heavy atom. The first-order valence-electron chi connectivity index (χ1n) is 11.0. The Morgan fingerprint density at radius 1 is 1.14 bits per heavy atom. The highest BCUT2D eigenvalue weighted by molar-refractivity contribution is 7.92. The molecule has 35 heavy (non-hydrogen) atoms. The van der Waals surface area contributed by atoms with Gasteiger partial charge in [-0.15, -0.1) is 0 Å². The first kappa shape index (κ1) is 25.5. The molecule has 0 bridgehead atoms. The first-order chi connectivity index (χ1) is 16.4. The van der Waals surface area contributed by atoms with Crippen LogP contribution >= 0.6 is 11.6 Å². The minimum absolute atomic E-state index is 0.0253. The summed E-state index contributed by atoms with van der Waals surface area (Å²) in [6.45, 7) is 2.74. The summed E-state index contributed by atoms with van der Waals surface area (Å²) in [4.78, 5) is 26.3. The van der Waals surface area contributed by atoms with E-state index in [1.54, 1.807) is 38.1 Å². The second kappa shape index (κ2) is 9.12. The van der Waals surface area contributed by atoms with Gasteiger partial charge in [0.25, 0.3) is 0 Å². The zero-order valence-corrected chi connectivity index (χ0v) is 20.6. The molecule has 2 aromatic rings. The minimum atomic E-state index is -4.73. The van der Waals surface area contributed by atoms with Crippen LogP contribution < -0.4 is 11.1 Å². The summed E-state index contributed by atoms with van der Waals surface area (Å²) in [5.41, 5.74) is 6.61. The van der Waals surface area contributed by atoms with Gasteiger partial charge in [0, 0.05) is 30.1 Å². The Labute approximate surface area is 206 Å². The van der Waals surface area contributed by atoms with Gasteiger partial charge in [0.1, 0.15) is 22.6 Å². The molecule has 3 unspecified atom stereocenters. The van der Waals surface area contributed by atoms with E-state index in [2.05, 4.69) is 5.32 Å². The molecule has 4 rings (SSSR count). The molecule has 3 N–H and O–H groups in total. The second-order valence-corrected chi connectivity index (χ2v) is 11.5. The third-order valence-corrected chi connectivity index (χ3v) is 8.92. The van der Waals surface area contributed by atoms with Gasteiger partial charge in [0.15, 0.2) is 0 Å². The molecule has 0 aromatic heterocycles. The number of hydrogen-bond donors (Lipinski definition) is 2. The SMILES string of the molecule is CC(C)N1CC2(S(=O)(=O)c3ccc(F)cc3F)NCC(N)C(=O)N2C(Cc2ccc(Cl)cc2)C1=O. The number of rotatable bonds is 5. The topological polar surface area (TPSA) is 113 Å². The number of carbonyl (C=O) groups excluding carboxylic acids is 2. The van der Waals surface area contributed by atoms with Gasteiger partial charge in [-0.1, -0.05) is 23.7 Å². The van der Waals surface area contributed by atoms with Gasteiger partial charge in [-0.25, -0.2) is 17.2 Å². The monoisotopic (exact) mass is 526 g/mol. The van der Waals surface area contributed by atoms with E-state index in [1.807, 2.05) is 0 Å². The van der Waals surface area contributed by atoms with Crippen molar-refractivity contribution in [3.63, 3.8) is 0 Å². The highest BCUT2D eigenvalue weighted by Gasteiger charge is 2.63. The number of amides is 2. The average Bonchev–Trinajstić information content (AvgIpc) is 2.78. The quantitative estimate of drug-likeness (QED) is 0.573. The molecule has 0 saturated carbocycles. The van der Waals surface area contributed by atoms with Gasteiger partial charge in [0.2, 0.25) is 26.6 Å². The number of benzene rings is 2. The van der Waals surface area contributed by atoms with E-state index in [-0.39, 0.29) is 13.0 Å². The van der Waals surface area contributed by atoms with E-state index < -0.39 is 67.8 Å². The molecule has 0 radical (unpaired) electrons. The lowest BCUT2D eigenvalue weighted by atomic mass is 9.96. The molecule has 2 fully saturated rings. The molecule has 2 aromatic carbocycles. The van der Waals surface area contributed by atoms with Gasteiger partial charge in [-0.2, -0.15) is 0 Å². The lowest BCUT2D eigenvalue weighted by molar-refractivity contribution is -0.166. The van der Waals surface area contributed by atoms with Gasteiger partial charge < -0.3 is 10.6 Å². The summed E-state index contributed by atoms with van der Waals surface area (Å²) in [7, 11) is -4.73. The average molecular weight is 527 g/mol. The zero-order chi connectivity index (χ0) is 25.7. The number of fused-ring (bicyclic) bond motifs is 1. The lowest BCUT2D eigenvalue weighted by Gasteiger charge is -2.56. The van der Waals surface area contributed by atoms with Crippen molar-refractivity contribution in [2.45, 2.75) is 48.3 Å². The number of hydrogen-bond acceptors (Lipinski definition) is 6. The van der Waals surface area contributed by atoms with Crippen LogP contribution in [0.1, 0.15) is 19.4 Å². The van der Waals surface area contributed by atoms with Crippen LogP contribution in [0.15, 0.2) is 47.4 Å². The molecule has 188 valence electrons. The molecule has 2 aliphatic rings. The lowest BCUT2D eigenvalue weighted by Crippen LogP contribution is -2.83. The van der Waals surface area contributed by atoms with E-state index in [4.69, 9.17) is 17.3 Å². The standard InChI is InChI=1S/C23H25ClF2N4O4S/c1-13(2)29-12-23(35(33,34)20-8-7-16(25)10-17(20)26)28-11-18(27)21(31)30(23)19(22(29)32)9-14-3-5-15(24)6-4-14/h3-8,10,13,18-19,28H,9,11-12,27H2,1-2H3. The Hall–Kier alpha value is -2.60. The van der Waals surface area contributed by atoms with Crippen LogP contribution in [0.5, 0.6) is 0 Å². The highest BCUT2D eigenvalue weighted by atomic mass is 35.5. The Bertz CT molecular complexity index is 1270. The summed E-state index contributed by atoms with van der Waals surface area (Å²) in [6, 6.07) is 5.86. The maximum absolute atomic E-state index is 14.8. The maximum atomic E-state index is 14.8. The summed E-state index contributed by atoms with van der Waals surface area (Å²) < 4.78 is 56.4. The van der Waals surface area contributed by atoms with Crippen LogP contribution in [-0.2, 0) is 25.8 Å². The Balaban J connectivity index is 1.92. The van der Waals surface area contributed by atoms with Crippen molar-refractivity contribution in [2.75, 3.05) is 13.1 Å². The third kappa shape index (κ3) is 4.20. The van der Waals surface area contributed by atoms with Gasteiger partial charge in [-0.3, -0.25) is 19.8 Å². The molecule has 2 aliphatic heterocycles. The molecule has 3 atom stereocenters. The zero-order valence-electron chi connectivity index (χ0n) is 19.0. The second-order valence-electron chi connectivity index (χ2n) is 8.96. The van der Waals surface area contributed by atoms with Crippen molar-refractivity contribution in [3.05, 3.63) is 64.7 Å². The number of sulfone groups is 1.